The van der Waals surface area contributed by atoms with Gasteiger partial charge >= 0.3 is 5.97 Å². The molecule has 0 aliphatic rings. The predicted octanol–water partition coefficient (Wildman–Crippen LogP) is 5.05. The Labute approximate surface area is 150 Å². The zero-order valence-electron chi connectivity index (χ0n) is 17.6. The minimum atomic E-state index is -2.22. The molecule has 0 spiro atoms. The van der Waals surface area contributed by atoms with Crippen LogP contribution in [0.1, 0.15) is 81.1 Å². The Morgan fingerprint density at radius 3 is 1.92 bits per heavy atom. The molecule has 24 heavy (non-hydrogen) atoms. The van der Waals surface area contributed by atoms with E-state index in [1.165, 1.54) is 0 Å². The summed E-state index contributed by atoms with van der Waals surface area (Å²) in [6.45, 7) is 19.9. The highest BCUT2D eigenvalue weighted by Gasteiger charge is 2.47. The summed E-state index contributed by atoms with van der Waals surface area (Å²) in [4.78, 5) is 12.8. The van der Waals surface area contributed by atoms with Gasteiger partial charge in [-0.3, -0.25) is 0 Å². The quantitative estimate of drug-likeness (QED) is 0.374. The van der Waals surface area contributed by atoms with Crippen LogP contribution in [0.25, 0.3) is 0 Å². The molecule has 1 N–H and O–H groups in total. The minimum absolute atomic E-state index is 0.0488. The number of unbranched alkanes of at least 4 members (excludes halogenated alkanes) is 2. The van der Waals surface area contributed by atoms with Crippen molar-refractivity contribution in [3.63, 3.8) is 0 Å². The van der Waals surface area contributed by atoms with Crippen molar-refractivity contribution in [3.05, 3.63) is 0 Å². The van der Waals surface area contributed by atoms with Crippen LogP contribution in [0.4, 0.5) is 0 Å². The molecule has 0 aromatic rings. The Balaban J connectivity index is 5.48. The summed E-state index contributed by atoms with van der Waals surface area (Å²) in [5.41, 5.74) is -1.83. The maximum absolute atomic E-state index is 12.8. The molecule has 0 radical (unpaired) electrons. The first-order chi connectivity index (χ1) is 10.5. The first kappa shape index (κ1) is 23.6. The standard InChI is InChI=1S/C19H40O4Si/c1-11-12-13-14-19(8,21)15(16(20)22-17(2,3)4)23-24(9,10)18(5,6)7/h15,21H,11-14H2,1-10H3. The number of ether oxygens (including phenoxy) is 1. The molecular formula is C19H40O4Si. The normalized spacial score (nSPS) is 17.3. The van der Waals surface area contributed by atoms with E-state index in [1.54, 1.807) is 6.92 Å². The molecular weight excluding hydrogens is 320 g/mol. The minimum Gasteiger partial charge on any atom is -0.458 e. The van der Waals surface area contributed by atoms with Crippen molar-refractivity contribution in [2.45, 2.75) is 117 Å². The zero-order valence-corrected chi connectivity index (χ0v) is 18.6. The number of esters is 1. The first-order valence-corrected chi connectivity index (χ1v) is 12.1. The number of hydrogen-bond donors (Lipinski definition) is 1. The highest BCUT2D eigenvalue weighted by atomic mass is 28.4. The second kappa shape index (κ2) is 8.32. The molecule has 0 aliphatic carbocycles. The van der Waals surface area contributed by atoms with Crippen LogP contribution in [-0.2, 0) is 14.0 Å². The van der Waals surface area contributed by atoms with Crippen LogP contribution in [0.15, 0.2) is 0 Å². The largest absolute Gasteiger partial charge is 0.458 e. The van der Waals surface area contributed by atoms with Crippen molar-refractivity contribution in [3.8, 4) is 0 Å². The van der Waals surface area contributed by atoms with Crippen molar-refractivity contribution in [2.75, 3.05) is 0 Å². The number of hydrogen-bond acceptors (Lipinski definition) is 4. The molecule has 0 amide bonds. The summed E-state index contributed by atoms with van der Waals surface area (Å²) in [5.74, 6) is -0.464. The summed E-state index contributed by atoms with van der Waals surface area (Å²) in [6.07, 6.45) is 2.53. The van der Waals surface area contributed by atoms with Gasteiger partial charge in [0.25, 0.3) is 0 Å². The van der Waals surface area contributed by atoms with Gasteiger partial charge in [-0.1, -0.05) is 47.0 Å². The number of carbonyl (C=O) groups excluding carboxylic acids is 1. The van der Waals surface area contributed by atoms with E-state index in [4.69, 9.17) is 9.16 Å². The van der Waals surface area contributed by atoms with Gasteiger partial charge in [-0.15, -0.1) is 0 Å². The van der Waals surface area contributed by atoms with Gasteiger partial charge in [0.05, 0.1) is 5.60 Å². The number of rotatable bonds is 8. The Kier molecular flexibility index (Phi) is 8.19. The predicted molar refractivity (Wildman–Crippen MR) is 103 cm³/mol. The summed E-state index contributed by atoms with van der Waals surface area (Å²) in [7, 11) is -2.22. The molecule has 0 aromatic carbocycles. The first-order valence-electron chi connectivity index (χ1n) is 9.16. The van der Waals surface area contributed by atoms with Crippen molar-refractivity contribution in [1.29, 1.82) is 0 Å². The Bertz CT molecular complexity index is 403. The lowest BCUT2D eigenvalue weighted by Crippen LogP contribution is -2.55. The maximum atomic E-state index is 12.8. The maximum Gasteiger partial charge on any atom is 0.337 e. The monoisotopic (exact) mass is 360 g/mol. The molecule has 0 saturated carbocycles. The van der Waals surface area contributed by atoms with Gasteiger partial charge < -0.3 is 14.3 Å². The molecule has 0 heterocycles. The van der Waals surface area contributed by atoms with Crippen LogP contribution in [-0.4, -0.2) is 36.7 Å². The highest BCUT2D eigenvalue weighted by molar-refractivity contribution is 6.74. The Morgan fingerprint density at radius 1 is 1.04 bits per heavy atom. The second-order valence-electron chi connectivity index (χ2n) is 9.61. The van der Waals surface area contributed by atoms with Gasteiger partial charge in [0.2, 0.25) is 0 Å². The van der Waals surface area contributed by atoms with Crippen molar-refractivity contribution in [2.24, 2.45) is 0 Å². The van der Waals surface area contributed by atoms with Gasteiger partial charge in [0, 0.05) is 0 Å². The molecule has 0 aromatic heterocycles. The molecule has 0 bridgehead atoms. The van der Waals surface area contributed by atoms with Crippen molar-refractivity contribution in [1.82, 2.24) is 0 Å². The number of carbonyl (C=O) groups is 1. The van der Waals surface area contributed by atoms with Gasteiger partial charge in [0.1, 0.15) is 5.60 Å². The SMILES string of the molecule is CCCCCC(C)(O)C(O[Si](C)(C)C(C)(C)C)C(=O)OC(C)(C)C. The molecule has 2 unspecified atom stereocenters. The van der Waals surface area contributed by atoms with E-state index >= 15 is 0 Å². The lowest BCUT2D eigenvalue weighted by atomic mass is 9.92. The fraction of sp³-hybridized carbons (Fsp3) is 0.947. The molecule has 5 heteroatoms. The van der Waals surface area contributed by atoms with Crippen LogP contribution >= 0.6 is 0 Å². The molecule has 0 saturated heterocycles. The number of aliphatic hydroxyl groups is 1. The summed E-state index contributed by atoms with van der Waals surface area (Å²) < 4.78 is 11.9. The van der Waals surface area contributed by atoms with Gasteiger partial charge in [0.15, 0.2) is 14.4 Å². The van der Waals surface area contributed by atoms with E-state index in [2.05, 4.69) is 40.8 Å². The molecule has 0 fully saturated rings. The lowest BCUT2D eigenvalue weighted by molar-refractivity contribution is -0.177. The second-order valence-corrected chi connectivity index (χ2v) is 14.4. The van der Waals surface area contributed by atoms with Crippen LogP contribution < -0.4 is 0 Å². The van der Waals surface area contributed by atoms with E-state index in [0.717, 1.165) is 19.3 Å². The van der Waals surface area contributed by atoms with E-state index < -0.39 is 31.6 Å². The lowest BCUT2D eigenvalue weighted by Gasteiger charge is -2.43. The van der Waals surface area contributed by atoms with E-state index in [0.29, 0.717) is 6.42 Å². The van der Waals surface area contributed by atoms with Crippen LogP contribution in [0, 0.1) is 0 Å². The van der Waals surface area contributed by atoms with Gasteiger partial charge in [-0.2, -0.15) is 0 Å². The molecule has 0 rings (SSSR count). The summed E-state index contributed by atoms with van der Waals surface area (Å²) >= 11 is 0. The van der Waals surface area contributed by atoms with Crippen LogP contribution in [0.5, 0.6) is 0 Å². The van der Waals surface area contributed by atoms with E-state index in [9.17, 15) is 9.90 Å². The average molecular weight is 361 g/mol. The fourth-order valence-electron chi connectivity index (χ4n) is 2.12. The summed E-state index contributed by atoms with van der Waals surface area (Å²) in [5, 5.41) is 10.9. The highest BCUT2D eigenvalue weighted by Crippen LogP contribution is 2.39. The van der Waals surface area contributed by atoms with Gasteiger partial charge in [-0.05, 0) is 52.2 Å². The van der Waals surface area contributed by atoms with Crippen LogP contribution in [0.2, 0.25) is 18.1 Å². The van der Waals surface area contributed by atoms with Crippen molar-refractivity contribution >= 4 is 14.3 Å². The van der Waals surface area contributed by atoms with E-state index in [-0.39, 0.29) is 5.04 Å². The topological polar surface area (TPSA) is 55.8 Å². The third-order valence-corrected chi connectivity index (χ3v) is 9.13. The third kappa shape index (κ3) is 7.66. The smallest absolute Gasteiger partial charge is 0.337 e. The van der Waals surface area contributed by atoms with Crippen molar-refractivity contribution < 1.29 is 19.1 Å². The summed E-state index contributed by atoms with van der Waals surface area (Å²) in [6, 6.07) is 0. The Morgan fingerprint density at radius 2 is 1.54 bits per heavy atom. The van der Waals surface area contributed by atoms with Gasteiger partial charge in [-0.25, -0.2) is 4.79 Å². The van der Waals surface area contributed by atoms with Crippen LogP contribution in [0.3, 0.4) is 0 Å². The third-order valence-electron chi connectivity index (χ3n) is 4.69. The average Bonchev–Trinajstić information content (AvgIpc) is 2.32. The Hall–Kier alpha value is -0.393. The fourth-order valence-corrected chi connectivity index (χ4v) is 3.41. The molecule has 2 atom stereocenters. The molecule has 144 valence electrons. The molecule has 0 aliphatic heterocycles. The van der Waals surface area contributed by atoms with E-state index in [1.807, 2.05) is 20.8 Å². The zero-order chi connectivity index (χ0) is 19.4. The molecule has 4 nitrogen and oxygen atoms in total.